The Morgan fingerprint density at radius 2 is 2.36 bits per heavy atom. The number of benzene rings is 1. The summed E-state index contributed by atoms with van der Waals surface area (Å²) in [7, 11) is 0. The Labute approximate surface area is 96.0 Å². The lowest BCUT2D eigenvalue weighted by Gasteiger charge is -2.16. The van der Waals surface area contributed by atoms with E-state index in [-0.39, 0.29) is 11.8 Å². The van der Waals surface area contributed by atoms with Crippen LogP contribution < -0.4 is 4.90 Å². The molecule has 1 aromatic carbocycles. The molecule has 0 aromatic heterocycles. The third-order valence-corrected chi connectivity index (χ3v) is 3.23. The molecule has 0 fully saturated rings. The molecule has 14 heavy (non-hydrogen) atoms. The number of hydrogen-bond donors (Lipinski definition) is 0. The van der Waals surface area contributed by atoms with Crippen LogP contribution in [0.5, 0.6) is 0 Å². The zero-order valence-corrected chi connectivity index (χ0v) is 9.81. The van der Waals surface area contributed by atoms with Crippen molar-refractivity contribution in [2.24, 2.45) is 0 Å². The second kappa shape index (κ2) is 3.91. The van der Waals surface area contributed by atoms with Crippen molar-refractivity contribution in [3.05, 3.63) is 28.2 Å². The normalized spacial score (nSPS) is 14.3. The maximum Gasteiger partial charge on any atom is 0.241 e. The molecule has 0 atom stereocenters. The van der Waals surface area contributed by atoms with Crippen LogP contribution in [0.2, 0.25) is 0 Å². The molecule has 1 aliphatic rings. The number of hydrogen-bond acceptors (Lipinski definition) is 1. The van der Waals surface area contributed by atoms with Gasteiger partial charge < -0.3 is 4.90 Å². The quantitative estimate of drug-likeness (QED) is 0.721. The van der Waals surface area contributed by atoms with E-state index in [0.29, 0.717) is 0 Å². The van der Waals surface area contributed by atoms with Crippen LogP contribution in [0, 0.1) is 0 Å². The first-order valence-electron chi connectivity index (χ1n) is 4.37. The molecule has 0 aliphatic carbocycles. The van der Waals surface area contributed by atoms with Gasteiger partial charge in [-0.25, -0.2) is 0 Å². The predicted molar refractivity (Wildman–Crippen MR) is 60.9 cm³/mol. The average molecular weight is 275 g/mol. The van der Waals surface area contributed by atoms with E-state index in [9.17, 15) is 4.79 Å². The van der Waals surface area contributed by atoms with Gasteiger partial charge in [-0.3, -0.25) is 4.79 Å². The van der Waals surface area contributed by atoms with Gasteiger partial charge in [0.15, 0.2) is 0 Å². The highest BCUT2D eigenvalue weighted by atomic mass is 79.9. The number of carbonyl (C=O) groups is 1. The van der Waals surface area contributed by atoms with E-state index < -0.39 is 0 Å². The summed E-state index contributed by atoms with van der Waals surface area (Å²) in [6.07, 6.45) is 0.914. The largest absolute Gasteiger partial charge is 0.310 e. The molecule has 0 unspecified atom stereocenters. The topological polar surface area (TPSA) is 20.3 Å². The monoisotopic (exact) mass is 273 g/mol. The summed E-state index contributed by atoms with van der Waals surface area (Å²) in [6, 6.07) is 5.97. The van der Waals surface area contributed by atoms with E-state index in [1.165, 1.54) is 5.56 Å². The van der Waals surface area contributed by atoms with Crippen LogP contribution in [-0.4, -0.2) is 18.3 Å². The standard InChI is InChI=1S/C10H9BrClNO/c11-8-3-1-2-7-4-5-13(10(7)8)9(14)6-12/h1-3H,4-6H2. The van der Waals surface area contributed by atoms with Crippen LogP contribution in [-0.2, 0) is 11.2 Å². The molecule has 2 nitrogen and oxygen atoms in total. The molecule has 2 rings (SSSR count). The second-order valence-corrected chi connectivity index (χ2v) is 4.30. The molecule has 0 saturated heterocycles. The number of fused-ring (bicyclic) bond motifs is 1. The molecule has 1 heterocycles. The fourth-order valence-electron chi connectivity index (χ4n) is 1.73. The van der Waals surface area contributed by atoms with E-state index >= 15 is 0 Å². The van der Waals surface area contributed by atoms with Crippen molar-refractivity contribution in [1.29, 1.82) is 0 Å². The number of halogens is 2. The lowest BCUT2D eigenvalue weighted by atomic mass is 10.2. The van der Waals surface area contributed by atoms with Gasteiger partial charge >= 0.3 is 0 Å². The molecule has 74 valence electrons. The summed E-state index contributed by atoms with van der Waals surface area (Å²) >= 11 is 8.99. The van der Waals surface area contributed by atoms with Crippen LogP contribution in [0.4, 0.5) is 5.69 Å². The summed E-state index contributed by atoms with van der Waals surface area (Å²) in [6.45, 7) is 0.740. The van der Waals surface area contributed by atoms with E-state index in [1.54, 1.807) is 4.90 Å². The van der Waals surface area contributed by atoms with Crippen molar-refractivity contribution in [2.45, 2.75) is 6.42 Å². The Kier molecular flexibility index (Phi) is 2.79. The van der Waals surface area contributed by atoms with Crippen molar-refractivity contribution in [1.82, 2.24) is 0 Å². The lowest BCUT2D eigenvalue weighted by molar-refractivity contribution is -0.116. The summed E-state index contributed by atoms with van der Waals surface area (Å²) in [4.78, 5) is 13.2. The van der Waals surface area contributed by atoms with Gasteiger partial charge in [-0.1, -0.05) is 12.1 Å². The maximum absolute atomic E-state index is 11.5. The molecule has 0 N–H and O–H groups in total. The highest BCUT2D eigenvalue weighted by Gasteiger charge is 2.25. The van der Waals surface area contributed by atoms with Gasteiger partial charge in [0.25, 0.3) is 0 Å². The molecule has 0 saturated carbocycles. The minimum Gasteiger partial charge on any atom is -0.310 e. The van der Waals surface area contributed by atoms with Crippen LogP contribution in [0.1, 0.15) is 5.56 Å². The van der Waals surface area contributed by atoms with Gasteiger partial charge in [0.2, 0.25) is 5.91 Å². The Morgan fingerprint density at radius 1 is 1.57 bits per heavy atom. The minimum atomic E-state index is -0.0303. The zero-order valence-electron chi connectivity index (χ0n) is 7.46. The van der Waals surface area contributed by atoms with Crippen LogP contribution >= 0.6 is 27.5 Å². The van der Waals surface area contributed by atoms with Gasteiger partial charge in [0, 0.05) is 11.0 Å². The maximum atomic E-state index is 11.5. The molecule has 0 spiro atoms. The summed E-state index contributed by atoms with van der Waals surface area (Å²) in [5, 5.41) is 0. The fraction of sp³-hybridized carbons (Fsp3) is 0.300. The number of anilines is 1. The number of carbonyl (C=O) groups excluding carboxylic acids is 1. The van der Waals surface area contributed by atoms with Crippen molar-refractivity contribution in [2.75, 3.05) is 17.3 Å². The number of amides is 1. The average Bonchev–Trinajstić information content (AvgIpc) is 2.62. The third-order valence-electron chi connectivity index (χ3n) is 2.36. The Morgan fingerprint density at radius 3 is 3.07 bits per heavy atom. The van der Waals surface area contributed by atoms with Crippen LogP contribution in [0.3, 0.4) is 0 Å². The van der Waals surface area contributed by atoms with Gasteiger partial charge in [-0.15, -0.1) is 11.6 Å². The number of nitrogens with zero attached hydrogens (tertiary/aromatic N) is 1. The minimum absolute atomic E-state index is 0.0303. The van der Waals surface area contributed by atoms with Crippen molar-refractivity contribution in [3.8, 4) is 0 Å². The second-order valence-electron chi connectivity index (χ2n) is 3.18. The molecule has 1 aliphatic heterocycles. The van der Waals surface area contributed by atoms with E-state index in [2.05, 4.69) is 15.9 Å². The van der Waals surface area contributed by atoms with E-state index in [4.69, 9.17) is 11.6 Å². The van der Waals surface area contributed by atoms with Crippen LogP contribution in [0.15, 0.2) is 22.7 Å². The van der Waals surface area contributed by atoms with E-state index in [1.807, 2.05) is 18.2 Å². The summed E-state index contributed by atoms with van der Waals surface area (Å²) in [5.74, 6) is 0.0122. The van der Waals surface area contributed by atoms with Crippen LogP contribution in [0.25, 0.3) is 0 Å². The van der Waals surface area contributed by atoms with Crippen molar-refractivity contribution in [3.63, 3.8) is 0 Å². The molecular weight excluding hydrogens is 265 g/mol. The van der Waals surface area contributed by atoms with Crippen molar-refractivity contribution >= 4 is 39.1 Å². The van der Waals surface area contributed by atoms with E-state index in [0.717, 1.165) is 23.1 Å². The SMILES string of the molecule is O=C(CCl)N1CCc2cccc(Br)c21. The Hall–Kier alpha value is -0.540. The lowest BCUT2D eigenvalue weighted by Crippen LogP contribution is -2.30. The fourth-order valence-corrected chi connectivity index (χ4v) is 2.50. The number of para-hydroxylation sites is 1. The molecule has 1 amide bonds. The highest BCUT2D eigenvalue weighted by molar-refractivity contribution is 9.10. The van der Waals surface area contributed by atoms with Gasteiger partial charge in [-0.2, -0.15) is 0 Å². The molecule has 4 heteroatoms. The van der Waals surface area contributed by atoms with Gasteiger partial charge in [0.1, 0.15) is 5.88 Å². The first kappa shape index (κ1) is 9.99. The van der Waals surface area contributed by atoms with Gasteiger partial charge in [0.05, 0.1) is 5.69 Å². The smallest absolute Gasteiger partial charge is 0.241 e. The first-order valence-corrected chi connectivity index (χ1v) is 5.70. The molecule has 0 bridgehead atoms. The summed E-state index contributed by atoms with van der Waals surface area (Å²) in [5.41, 5.74) is 2.19. The summed E-state index contributed by atoms with van der Waals surface area (Å²) < 4.78 is 0.964. The predicted octanol–water partition coefficient (Wildman–Crippen LogP) is 2.58. The molecular formula is C10H9BrClNO. The molecule has 1 aromatic rings. The zero-order chi connectivity index (χ0) is 10.1. The molecule has 0 radical (unpaired) electrons. The van der Waals surface area contributed by atoms with Crippen molar-refractivity contribution < 1.29 is 4.79 Å². The third kappa shape index (κ3) is 1.55. The Balaban J connectivity index is 2.43. The number of rotatable bonds is 1. The van der Waals surface area contributed by atoms with Gasteiger partial charge in [-0.05, 0) is 34.0 Å². The number of alkyl halides is 1. The highest BCUT2D eigenvalue weighted by Crippen LogP contribution is 2.35. The first-order chi connectivity index (χ1) is 6.74. The Bertz CT molecular complexity index is 380.